The average molecular weight is 314 g/mol. The van der Waals surface area contributed by atoms with Gasteiger partial charge in [-0.25, -0.2) is 8.42 Å². The number of rotatable bonds is 6. The van der Waals surface area contributed by atoms with Gasteiger partial charge in [-0.2, -0.15) is 0 Å². The molecule has 1 aliphatic rings. The van der Waals surface area contributed by atoms with Gasteiger partial charge in [0.1, 0.15) is 5.75 Å². The summed E-state index contributed by atoms with van der Waals surface area (Å²) in [6.07, 6.45) is 0.570. The largest absolute Gasteiger partial charge is 0.495 e. The number of hydrogen-bond acceptors (Lipinski definition) is 5. The molecule has 1 saturated heterocycles. The standard InChI is InChI=1S/C14H22N2O4S/c1-3-10-21(17,18)15-13-11-12(4-5-14(13)19-2)16-6-8-20-9-7-16/h4-5,11,15H,3,6-10H2,1-2H3. The Bertz CT molecular complexity index is 568. The number of methoxy groups -OCH3 is 1. The molecule has 0 spiro atoms. The van der Waals surface area contributed by atoms with E-state index in [-0.39, 0.29) is 5.75 Å². The molecule has 0 amide bonds. The maximum absolute atomic E-state index is 12.0. The van der Waals surface area contributed by atoms with Gasteiger partial charge in [0.05, 0.1) is 31.8 Å². The van der Waals surface area contributed by atoms with Crippen LogP contribution in [0.4, 0.5) is 11.4 Å². The number of morpholine rings is 1. The lowest BCUT2D eigenvalue weighted by molar-refractivity contribution is 0.122. The van der Waals surface area contributed by atoms with Crippen LogP contribution in [0.2, 0.25) is 0 Å². The summed E-state index contributed by atoms with van der Waals surface area (Å²) in [5, 5.41) is 0. The Kier molecular flexibility index (Phi) is 5.30. The number of anilines is 2. The minimum Gasteiger partial charge on any atom is -0.495 e. The van der Waals surface area contributed by atoms with Crippen LogP contribution in [0, 0.1) is 0 Å². The molecule has 1 aromatic carbocycles. The average Bonchev–Trinajstić information content (AvgIpc) is 2.47. The highest BCUT2D eigenvalue weighted by Gasteiger charge is 2.16. The van der Waals surface area contributed by atoms with E-state index in [0.717, 1.165) is 18.8 Å². The second-order valence-corrected chi connectivity index (χ2v) is 6.75. The van der Waals surface area contributed by atoms with E-state index >= 15 is 0 Å². The molecular formula is C14H22N2O4S. The normalized spacial score (nSPS) is 15.8. The molecule has 6 nitrogen and oxygen atoms in total. The predicted molar refractivity (Wildman–Crippen MR) is 83.7 cm³/mol. The minimum atomic E-state index is -3.34. The zero-order chi connectivity index (χ0) is 15.3. The first-order chi connectivity index (χ1) is 10.1. The molecule has 0 saturated carbocycles. The van der Waals surface area contributed by atoms with Crippen molar-refractivity contribution in [2.45, 2.75) is 13.3 Å². The molecule has 0 bridgehead atoms. The lowest BCUT2D eigenvalue weighted by atomic mass is 10.2. The molecule has 1 aromatic rings. The van der Waals surface area contributed by atoms with Gasteiger partial charge in [0.2, 0.25) is 10.0 Å². The Morgan fingerprint density at radius 3 is 2.67 bits per heavy atom. The van der Waals surface area contributed by atoms with Gasteiger partial charge in [0.25, 0.3) is 0 Å². The molecule has 0 aromatic heterocycles. The van der Waals surface area contributed by atoms with Crippen molar-refractivity contribution in [3.05, 3.63) is 18.2 Å². The number of sulfonamides is 1. The topological polar surface area (TPSA) is 67.9 Å². The highest BCUT2D eigenvalue weighted by molar-refractivity contribution is 7.92. The predicted octanol–water partition coefficient (Wildman–Crippen LogP) is 1.68. The van der Waals surface area contributed by atoms with Crippen molar-refractivity contribution in [2.24, 2.45) is 0 Å². The molecule has 118 valence electrons. The van der Waals surface area contributed by atoms with Gasteiger partial charge in [0, 0.05) is 18.8 Å². The summed E-state index contributed by atoms with van der Waals surface area (Å²) in [6, 6.07) is 5.54. The molecule has 1 fully saturated rings. The highest BCUT2D eigenvalue weighted by atomic mass is 32.2. The van der Waals surface area contributed by atoms with E-state index in [1.165, 1.54) is 7.11 Å². The van der Waals surface area contributed by atoms with Crippen LogP contribution in [-0.4, -0.2) is 47.6 Å². The summed E-state index contributed by atoms with van der Waals surface area (Å²) in [4.78, 5) is 2.17. The molecule has 0 radical (unpaired) electrons. The third-order valence-corrected chi connectivity index (χ3v) is 4.77. The Labute approximate surface area is 126 Å². The summed E-state index contributed by atoms with van der Waals surface area (Å²) < 4.78 is 37.1. The van der Waals surface area contributed by atoms with E-state index in [9.17, 15) is 8.42 Å². The summed E-state index contributed by atoms with van der Waals surface area (Å²) in [5.41, 5.74) is 1.45. The van der Waals surface area contributed by atoms with Crippen molar-refractivity contribution < 1.29 is 17.9 Å². The number of nitrogens with zero attached hydrogens (tertiary/aromatic N) is 1. The first kappa shape index (κ1) is 15.9. The van der Waals surface area contributed by atoms with E-state index in [0.29, 0.717) is 31.1 Å². The number of nitrogens with one attached hydrogen (secondary N) is 1. The monoisotopic (exact) mass is 314 g/mol. The Balaban J connectivity index is 2.25. The van der Waals surface area contributed by atoms with Gasteiger partial charge in [0.15, 0.2) is 0 Å². The van der Waals surface area contributed by atoms with Crippen molar-refractivity contribution >= 4 is 21.4 Å². The molecule has 0 aliphatic carbocycles. The second kappa shape index (κ2) is 7.00. The highest BCUT2D eigenvalue weighted by Crippen LogP contribution is 2.30. The fourth-order valence-electron chi connectivity index (χ4n) is 2.28. The van der Waals surface area contributed by atoms with Gasteiger partial charge < -0.3 is 14.4 Å². The summed E-state index contributed by atoms with van der Waals surface area (Å²) in [5.74, 6) is 0.615. The van der Waals surface area contributed by atoms with Gasteiger partial charge in [-0.05, 0) is 24.6 Å². The van der Waals surface area contributed by atoms with Crippen LogP contribution in [0.25, 0.3) is 0 Å². The molecule has 0 unspecified atom stereocenters. The van der Waals surface area contributed by atoms with Crippen molar-refractivity contribution in [3.63, 3.8) is 0 Å². The molecule has 0 atom stereocenters. The van der Waals surface area contributed by atoms with Gasteiger partial charge in [-0.1, -0.05) is 6.92 Å². The van der Waals surface area contributed by atoms with Crippen LogP contribution in [0.3, 0.4) is 0 Å². The maximum atomic E-state index is 12.0. The number of hydrogen-bond donors (Lipinski definition) is 1. The molecular weight excluding hydrogens is 292 g/mol. The van der Waals surface area contributed by atoms with Gasteiger partial charge in [-0.15, -0.1) is 0 Å². The Morgan fingerprint density at radius 2 is 2.05 bits per heavy atom. The number of benzene rings is 1. The van der Waals surface area contributed by atoms with E-state index < -0.39 is 10.0 Å². The van der Waals surface area contributed by atoms with Crippen LogP contribution in [0.15, 0.2) is 18.2 Å². The zero-order valence-corrected chi connectivity index (χ0v) is 13.3. The lowest BCUT2D eigenvalue weighted by Crippen LogP contribution is -2.36. The van der Waals surface area contributed by atoms with E-state index in [2.05, 4.69) is 9.62 Å². The molecule has 1 N–H and O–H groups in total. The SMILES string of the molecule is CCCS(=O)(=O)Nc1cc(N2CCOCC2)ccc1OC. The molecule has 1 heterocycles. The third kappa shape index (κ3) is 4.25. The maximum Gasteiger partial charge on any atom is 0.232 e. The molecule has 7 heteroatoms. The van der Waals surface area contributed by atoms with Crippen molar-refractivity contribution in [3.8, 4) is 5.75 Å². The lowest BCUT2D eigenvalue weighted by Gasteiger charge is -2.29. The summed E-state index contributed by atoms with van der Waals surface area (Å²) in [7, 11) is -1.81. The number of ether oxygens (including phenoxy) is 2. The summed E-state index contributed by atoms with van der Waals surface area (Å²) in [6.45, 7) is 4.80. The van der Waals surface area contributed by atoms with Crippen LogP contribution >= 0.6 is 0 Å². The smallest absolute Gasteiger partial charge is 0.232 e. The third-order valence-electron chi connectivity index (χ3n) is 3.30. The Hall–Kier alpha value is -1.47. The summed E-state index contributed by atoms with van der Waals surface area (Å²) >= 11 is 0. The molecule has 2 rings (SSSR count). The van der Waals surface area contributed by atoms with E-state index in [1.54, 1.807) is 6.07 Å². The molecule has 1 aliphatic heterocycles. The minimum absolute atomic E-state index is 0.0952. The van der Waals surface area contributed by atoms with Crippen LogP contribution in [0.1, 0.15) is 13.3 Å². The quantitative estimate of drug-likeness (QED) is 0.865. The van der Waals surface area contributed by atoms with Crippen LogP contribution < -0.4 is 14.4 Å². The van der Waals surface area contributed by atoms with Gasteiger partial charge in [-0.3, -0.25) is 4.72 Å². The molecule has 21 heavy (non-hydrogen) atoms. The first-order valence-corrected chi connectivity index (χ1v) is 8.72. The van der Waals surface area contributed by atoms with Gasteiger partial charge >= 0.3 is 0 Å². The Morgan fingerprint density at radius 1 is 1.33 bits per heavy atom. The second-order valence-electron chi connectivity index (χ2n) is 4.90. The van der Waals surface area contributed by atoms with Crippen LogP contribution in [-0.2, 0) is 14.8 Å². The van der Waals surface area contributed by atoms with Crippen molar-refractivity contribution in [1.82, 2.24) is 0 Å². The van der Waals surface area contributed by atoms with Crippen molar-refractivity contribution in [1.29, 1.82) is 0 Å². The van der Waals surface area contributed by atoms with E-state index in [4.69, 9.17) is 9.47 Å². The fourth-order valence-corrected chi connectivity index (χ4v) is 3.42. The first-order valence-electron chi connectivity index (χ1n) is 7.07. The van der Waals surface area contributed by atoms with E-state index in [1.807, 2.05) is 19.1 Å². The zero-order valence-electron chi connectivity index (χ0n) is 12.5. The van der Waals surface area contributed by atoms with Crippen molar-refractivity contribution in [2.75, 3.05) is 48.8 Å². The van der Waals surface area contributed by atoms with Crippen LogP contribution in [0.5, 0.6) is 5.75 Å². The fraction of sp³-hybridized carbons (Fsp3) is 0.571.